The highest BCUT2D eigenvalue weighted by Gasteiger charge is 2.42. The number of aromatic nitrogens is 2. The van der Waals surface area contributed by atoms with Gasteiger partial charge in [0.05, 0.1) is 29.6 Å². The average Bonchev–Trinajstić information content (AvgIpc) is 3.52. The number of piperidine rings is 1. The molecule has 2 fully saturated rings. The van der Waals surface area contributed by atoms with Crippen LogP contribution >= 0.6 is 23.8 Å². The molecule has 1 N–H and O–H groups in total. The minimum Gasteiger partial charge on any atom is -0.497 e. The van der Waals surface area contributed by atoms with E-state index in [2.05, 4.69) is 89.0 Å². The number of aryl methyl sites for hydroxylation is 1. The smallest absolute Gasteiger partial charge is 0.174 e. The van der Waals surface area contributed by atoms with E-state index in [9.17, 15) is 0 Å². The summed E-state index contributed by atoms with van der Waals surface area (Å²) in [5, 5.41) is 4.98. The quantitative estimate of drug-likeness (QED) is 0.236. The molecule has 2 saturated heterocycles. The molecule has 4 atom stereocenters. The third-order valence-electron chi connectivity index (χ3n) is 8.26. The highest BCUT2D eigenvalue weighted by molar-refractivity contribution is 7.80. The fourth-order valence-electron chi connectivity index (χ4n) is 6.57. The molecule has 212 valence electrons. The number of hydrogen-bond acceptors (Lipinski definition) is 4. The Labute approximate surface area is 252 Å². The van der Waals surface area contributed by atoms with Crippen LogP contribution in [0.2, 0.25) is 5.02 Å². The molecule has 0 spiro atoms. The molecule has 0 amide bonds. The first kappa shape index (κ1) is 27.6. The summed E-state index contributed by atoms with van der Waals surface area (Å²) in [4.78, 5) is 9.35. The van der Waals surface area contributed by atoms with Gasteiger partial charge in [0.1, 0.15) is 11.8 Å². The van der Waals surface area contributed by atoms with Crippen molar-refractivity contribution in [2.24, 2.45) is 11.8 Å². The number of nitrogens with zero attached hydrogens (tertiary/aromatic N) is 4. The first-order valence-corrected chi connectivity index (χ1v) is 15.0. The number of nitrogens with one attached hydrogen (secondary N) is 1. The number of pyridine rings is 1. The fourth-order valence-corrected chi connectivity index (χ4v) is 7.21. The Balaban J connectivity index is 1.44. The van der Waals surface area contributed by atoms with Gasteiger partial charge < -0.3 is 24.4 Å². The molecular weight excluding hydrogens is 550 g/mol. The first-order valence-electron chi connectivity index (χ1n) is 14.2. The number of thiocarbonyl (C=S) groups is 1. The monoisotopic (exact) mass is 585 g/mol. The lowest BCUT2D eigenvalue weighted by molar-refractivity contribution is 0.357. The summed E-state index contributed by atoms with van der Waals surface area (Å²) in [6.45, 7) is 8.81. The number of rotatable bonds is 6. The Kier molecular flexibility index (Phi) is 7.66. The van der Waals surface area contributed by atoms with Crippen molar-refractivity contribution in [2.75, 3.05) is 30.0 Å². The molecule has 0 bridgehead atoms. The molecule has 2 aromatic heterocycles. The van der Waals surface area contributed by atoms with E-state index < -0.39 is 0 Å². The van der Waals surface area contributed by atoms with Crippen LogP contribution in [0.15, 0.2) is 79.0 Å². The Morgan fingerprint density at radius 2 is 1.68 bits per heavy atom. The van der Waals surface area contributed by atoms with Gasteiger partial charge >= 0.3 is 0 Å². The van der Waals surface area contributed by atoms with Crippen LogP contribution in [0.3, 0.4) is 0 Å². The predicted octanol–water partition coefficient (Wildman–Crippen LogP) is 7.50. The van der Waals surface area contributed by atoms with Crippen molar-refractivity contribution in [1.82, 2.24) is 14.9 Å². The van der Waals surface area contributed by atoms with Crippen LogP contribution in [0.4, 0.5) is 11.4 Å². The lowest BCUT2D eigenvalue weighted by Crippen LogP contribution is -2.38. The Hall–Kier alpha value is -3.55. The van der Waals surface area contributed by atoms with Crippen LogP contribution < -0.4 is 19.9 Å². The zero-order valence-corrected chi connectivity index (χ0v) is 25.5. The molecule has 4 aromatic rings. The van der Waals surface area contributed by atoms with Crippen LogP contribution in [0, 0.1) is 18.8 Å². The molecule has 0 radical (unpaired) electrons. The number of halogens is 1. The summed E-state index contributed by atoms with van der Waals surface area (Å²) in [6.07, 6.45) is 3.09. The van der Waals surface area contributed by atoms with E-state index in [1.165, 1.54) is 6.42 Å². The highest BCUT2D eigenvalue weighted by Crippen LogP contribution is 2.44. The van der Waals surface area contributed by atoms with Crippen LogP contribution in [-0.4, -0.2) is 34.9 Å². The average molecular weight is 586 g/mol. The number of methoxy groups -OCH3 is 1. The molecule has 6 nitrogen and oxygen atoms in total. The summed E-state index contributed by atoms with van der Waals surface area (Å²) in [5.41, 5.74) is 6.27. The molecule has 2 aliphatic rings. The van der Waals surface area contributed by atoms with Gasteiger partial charge in [0.15, 0.2) is 5.11 Å². The van der Waals surface area contributed by atoms with E-state index in [1.54, 1.807) is 7.11 Å². The standard InChI is InChI=1S/C33H36ClN5OS/c1-21-17-22(2)20-37(19-21)29-15-11-25(18-27(29)34)39-32(31(36-33(39)41)28-7-5-6-16-35-28)30-14-8-23(3)38(30)24-9-12-26(40-4)13-10-24/h5-16,18,21-22,31-32H,17,19-20H2,1-4H3,(H,36,41)/t21-,22+,31-,32-/m0/s1. The molecule has 6 rings (SSSR count). The fraction of sp³-hybridized carbons (Fsp3) is 0.333. The minimum atomic E-state index is -0.162. The summed E-state index contributed by atoms with van der Waals surface area (Å²) in [7, 11) is 1.69. The maximum absolute atomic E-state index is 7.03. The zero-order chi connectivity index (χ0) is 28.7. The van der Waals surface area contributed by atoms with Crippen molar-refractivity contribution < 1.29 is 4.74 Å². The van der Waals surface area contributed by atoms with Gasteiger partial charge in [-0.15, -0.1) is 0 Å². The maximum Gasteiger partial charge on any atom is 0.174 e. The van der Waals surface area contributed by atoms with Gasteiger partial charge in [0.2, 0.25) is 0 Å². The van der Waals surface area contributed by atoms with E-state index in [0.29, 0.717) is 16.9 Å². The van der Waals surface area contributed by atoms with Crippen molar-refractivity contribution in [3.05, 3.63) is 101 Å². The van der Waals surface area contributed by atoms with Crippen LogP contribution in [0.5, 0.6) is 5.75 Å². The molecule has 41 heavy (non-hydrogen) atoms. The number of ether oxygens (including phenoxy) is 1. The van der Waals surface area contributed by atoms with Gasteiger partial charge in [-0.3, -0.25) is 4.98 Å². The second kappa shape index (κ2) is 11.4. The molecular formula is C33H36ClN5OS. The third-order valence-corrected chi connectivity index (χ3v) is 8.87. The van der Waals surface area contributed by atoms with Crippen molar-refractivity contribution in [2.45, 2.75) is 39.3 Å². The third kappa shape index (κ3) is 5.29. The Bertz CT molecular complexity index is 1530. The van der Waals surface area contributed by atoms with Gasteiger partial charge in [-0.1, -0.05) is 31.5 Å². The van der Waals surface area contributed by atoms with Gasteiger partial charge in [-0.05, 0) is 104 Å². The topological polar surface area (TPSA) is 45.6 Å². The van der Waals surface area contributed by atoms with E-state index in [1.807, 2.05) is 30.5 Å². The van der Waals surface area contributed by atoms with Gasteiger partial charge in [-0.2, -0.15) is 0 Å². The van der Waals surface area contributed by atoms with Crippen LogP contribution in [0.1, 0.15) is 49.4 Å². The Morgan fingerprint density at radius 1 is 0.951 bits per heavy atom. The first-order chi connectivity index (χ1) is 19.8. The Morgan fingerprint density at radius 3 is 2.34 bits per heavy atom. The summed E-state index contributed by atoms with van der Waals surface area (Å²) >= 11 is 13.0. The zero-order valence-electron chi connectivity index (χ0n) is 23.9. The summed E-state index contributed by atoms with van der Waals surface area (Å²) < 4.78 is 7.70. The van der Waals surface area contributed by atoms with E-state index >= 15 is 0 Å². The van der Waals surface area contributed by atoms with Crippen LogP contribution in [0.25, 0.3) is 5.69 Å². The van der Waals surface area contributed by atoms with Crippen molar-refractivity contribution in [3.63, 3.8) is 0 Å². The molecule has 2 aliphatic heterocycles. The second-order valence-electron chi connectivity index (χ2n) is 11.4. The predicted molar refractivity (Wildman–Crippen MR) is 172 cm³/mol. The lowest BCUT2D eigenvalue weighted by atomic mass is 9.91. The summed E-state index contributed by atoms with van der Waals surface area (Å²) in [5.74, 6) is 2.11. The number of hydrogen-bond donors (Lipinski definition) is 1. The molecule has 4 heterocycles. The SMILES string of the molecule is COc1ccc(-n2c(C)ccc2[C@H]2[C@H](c3ccccn3)NC(=S)N2c2ccc(N3C[C@H](C)C[C@H](C)C3)c(Cl)c2)cc1. The van der Waals surface area contributed by atoms with E-state index in [-0.39, 0.29) is 12.1 Å². The molecule has 0 aliphatic carbocycles. The van der Waals surface area contributed by atoms with E-state index in [0.717, 1.165) is 58.0 Å². The number of benzene rings is 2. The van der Waals surface area contributed by atoms with Crippen molar-refractivity contribution in [3.8, 4) is 11.4 Å². The normalized spacial score (nSPS) is 22.6. The number of anilines is 2. The van der Waals surface area contributed by atoms with Gasteiger partial charge in [-0.25, -0.2) is 0 Å². The molecule has 0 saturated carbocycles. The lowest BCUT2D eigenvalue weighted by Gasteiger charge is -2.37. The molecule has 2 aromatic carbocycles. The minimum absolute atomic E-state index is 0.155. The van der Waals surface area contributed by atoms with E-state index in [4.69, 9.17) is 33.5 Å². The highest BCUT2D eigenvalue weighted by atomic mass is 35.5. The van der Waals surface area contributed by atoms with Crippen molar-refractivity contribution >= 4 is 40.3 Å². The molecule has 8 heteroatoms. The maximum atomic E-state index is 7.03. The summed E-state index contributed by atoms with van der Waals surface area (Å²) in [6, 6.07) is 24.6. The van der Waals surface area contributed by atoms with Gasteiger partial charge in [0.25, 0.3) is 0 Å². The van der Waals surface area contributed by atoms with Crippen LogP contribution in [-0.2, 0) is 0 Å². The second-order valence-corrected chi connectivity index (χ2v) is 12.2. The van der Waals surface area contributed by atoms with Gasteiger partial charge in [0, 0.05) is 42.0 Å². The largest absolute Gasteiger partial charge is 0.497 e. The van der Waals surface area contributed by atoms with Crippen molar-refractivity contribution in [1.29, 1.82) is 0 Å². The molecule has 0 unspecified atom stereocenters.